The maximum Gasteiger partial charge on any atom is 0.241 e. The monoisotopic (exact) mass is 280 g/mol. The highest BCUT2D eigenvalue weighted by Crippen LogP contribution is 2.34. The number of rotatable bonds is 6. The number of hydrogen-bond acceptors (Lipinski definition) is 4. The third-order valence-electron chi connectivity index (χ3n) is 3.23. The molecular formula is C15H24N2O3. The van der Waals surface area contributed by atoms with Crippen molar-refractivity contribution in [3.8, 4) is 5.75 Å². The van der Waals surface area contributed by atoms with Crippen LogP contribution < -0.4 is 9.64 Å². The van der Waals surface area contributed by atoms with E-state index in [0.717, 1.165) is 5.69 Å². The van der Waals surface area contributed by atoms with E-state index in [0.29, 0.717) is 17.9 Å². The van der Waals surface area contributed by atoms with Gasteiger partial charge >= 0.3 is 0 Å². The van der Waals surface area contributed by atoms with Crippen molar-refractivity contribution in [2.45, 2.75) is 20.0 Å². The Morgan fingerprint density at radius 2 is 2.05 bits per heavy atom. The molecule has 1 atom stereocenters. The van der Waals surface area contributed by atoms with Crippen molar-refractivity contribution in [2.75, 3.05) is 39.2 Å². The quantitative estimate of drug-likeness (QED) is 0.861. The lowest BCUT2D eigenvalue weighted by Crippen LogP contribution is -2.37. The zero-order valence-corrected chi connectivity index (χ0v) is 12.9. The molecule has 0 aliphatic heterocycles. The van der Waals surface area contributed by atoms with Crippen molar-refractivity contribution in [2.24, 2.45) is 0 Å². The SMILES string of the molecule is CCN(CC(=O)N(C)C)c1cccc(OC)c1[C@H](C)O. The van der Waals surface area contributed by atoms with Crippen molar-refractivity contribution < 1.29 is 14.6 Å². The fourth-order valence-electron chi connectivity index (χ4n) is 2.08. The van der Waals surface area contributed by atoms with Crippen LogP contribution in [-0.2, 0) is 4.79 Å². The van der Waals surface area contributed by atoms with Crippen LogP contribution in [0, 0.1) is 0 Å². The van der Waals surface area contributed by atoms with Crippen LogP contribution in [0.1, 0.15) is 25.5 Å². The van der Waals surface area contributed by atoms with E-state index in [4.69, 9.17) is 4.74 Å². The Hall–Kier alpha value is -1.75. The Kier molecular flexibility index (Phi) is 5.82. The van der Waals surface area contributed by atoms with Crippen molar-refractivity contribution in [3.05, 3.63) is 23.8 Å². The van der Waals surface area contributed by atoms with Crippen LogP contribution in [0.5, 0.6) is 5.75 Å². The maximum absolute atomic E-state index is 11.9. The first-order valence-corrected chi connectivity index (χ1v) is 6.72. The van der Waals surface area contributed by atoms with E-state index >= 15 is 0 Å². The van der Waals surface area contributed by atoms with E-state index in [-0.39, 0.29) is 12.5 Å². The molecule has 0 fully saturated rings. The van der Waals surface area contributed by atoms with Crippen molar-refractivity contribution >= 4 is 11.6 Å². The predicted octanol–water partition coefficient (Wildman–Crippen LogP) is 1.66. The molecule has 1 aromatic carbocycles. The van der Waals surface area contributed by atoms with Crippen LogP contribution in [0.3, 0.4) is 0 Å². The van der Waals surface area contributed by atoms with Gasteiger partial charge in [-0.15, -0.1) is 0 Å². The molecule has 1 rings (SSSR count). The number of aliphatic hydroxyl groups excluding tert-OH is 1. The normalized spacial score (nSPS) is 11.9. The maximum atomic E-state index is 11.9. The Bertz CT molecular complexity index is 458. The summed E-state index contributed by atoms with van der Waals surface area (Å²) in [6, 6.07) is 5.58. The smallest absolute Gasteiger partial charge is 0.241 e. The standard InChI is InChI=1S/C15H24N2O3/c1-6-17(10-14(19)16(3)4)12-8-7-9-13(20-5)15(12)11(2)18/h7-9,11,18H,6,10H2,1-5H3/t11-/m0/s1. The van der Waals surface area contributed by atoms with Crippen LogP contribution in [-0.4, -0.2) is 50.2 Å². The fourth-order valence-corrected chi connectivity index (χ4v) is 2.08. The Morgan fingerprint density at radius 1 is 1.40 bits per heavy atom. The minimum Gasteiger partial charge on any atom is -0.496 e. The van der Waals surface area contributed by atoms with Crippen LogP contribution in [0.2, 0.25) is 0 Å². The second-order valence-corrected chi connectivity index (χ2v) is 4.87. The lowest BCUT2D eigenvalue weighted by Gasteiger charge is -2.28. The highest BCUT2D eigenvalue weighted by molar-refractivity contribution is 5.81. The van der Waals surface area contributed by atoms with E-state index in [1.807, 2.05) is 30.0 Å². The summed E-state index contributed by atoms with van der Waals surface area (Å²) in [4.78, 5) is 15.4. The van der Waals surface area contributed by atoms with Gasteiger partial charge in [-0.2, -0.15) is 0 Å². The third kappa shape index (κ3) is 3.63. The van der Waals surface area contributed by atoms with Gasteiger partial charge in [-0.1, -0.05) is 6.07 Å². The number of amides is 1. The van der Waals surface area contributed by atoms with Crippen LogP contribution in [0.15, 0.2) is 18.2 Å². The fraction of sp³-hybridized carbons (Fsp3) is 0.533. The number of carbonyl (C=O) groups excluding carboxylic acids is 1. The number of methoxy groups -OCH3 is 1. The van der Waals surface area contributed by atoms with E-state index < -0.39 is 6.10 Å². The molecule has 0 saturated carbocycles. The Balaban J connectivity index is 3.18. The van der Waals surface area contributed by atoms with Gasteiger partial charge in [0.05, 0.1) is 19.8 Å². The summed E-state index contributed by atoms with van der Waals surface area (Å²) >= 11 is 0. The number of ether oxygens (including phenoxy) is 1. The highest BCUT2D eigenvalue weighted by Gasteiger charge is 2.20. The number of benzene rings is 1. The molecule has 0 aliphatic rings. The number of likely N-dealkylation sites (N-methyl/N-ethyl adjacent to an activating group) is 2. The second kappa shape index (κ2) is 7.14. The topological polar surface area (TPSA) is 53.0 Å². The Morgan fingerprint density at radius 3 is 2.50 bits per heavy atom. The molecule has 0 bridgehead atoms. The van der Waals surface area contributed by atoms with Crippen molar-refractivity contribution in [1.82, 2.24) is 4.90 Å². The average molecular weight is 280 g/mol. The number of anilines is 1. The molecule has 0 aliphatic carbocycles. The molecule has 5 heteroatoms. The summed E-state index contributed by atoms with van der Waals surface area (Å²) in [7, 11) is 5.04. The predicted molar refractivity (Wildman–Crippen MR) is 80.2 cm³/mol. The molecule has 0 unspecified atom stereocenters. The summed E-state index contributed by atoms with van der Waals surface area (Å²) in [5, 5.41) is 10.0. The second-order valence-electron chi connectivity index (χ2n) is 4.87. The van der Waals surface area contributed by atoms with Gasteiger partial charge in [0.15, 0.2) is 0 Å². The summed E-state index contributed by atoms with van der Waals surface area (Å²) in [5.74, 6) is 0.652. The van der Waals surface area contributed by atoms with E-state index in [1.54, 1.807) is 33.0 Å². The van der Waals surface area contributed by atoms with Gasteiger partial charge in [0.25, 0.3) is 0 Å². The van der Waals surface area contributed by atoms with Gasteiger partial charge in [-0.25, -0.2) is 0 Å². The molecule has 0 radical (unpaired) electrons. The molecule has 1 aromatic rings. The summed E-state index contributed by atoms with van der Waals surface area (Å²) in [5.41, 5.74) is 1.54. The third-order valence-corrected chi connectivity index (χ3v) is 3.23. The van der Waals surface area contributed by atoms with Crippen molar-refractivity contribution in [3.63, 3.8) is 0 Å². The highest BCUT2D eigenvalue weighted by atomic mass is 16.5. The largest absolute Gasteiger partial charge is 0.496 e. The molecule has 0 saturated heterocycles. The van der Waals surface area contributed by atoms with E-state index in [9.17, 15) is 9.90 Å². The molecule has 0 spiro atoms. The van der Waals surface area contributed by atoms with Crippen LogP contribution in [0.4, 0.5) is 5.69 Å². The molecular weight excluding hydrogens is 256 g/mol. The van der Waals surface area contributed by atoms with Crippen LogP contribution in [0.25, 0.3) is 0 Å². The number of aliphatic hydroxyl groups is 1. The zero-order chi connectivity index (χ0) is 15.3. The Labute approximate surface area is 120 Å². The molecule has 5 nitrogen and oxygen atoms in total. The first kappa shape index (κ1) is 16.3. The molecule has 0 heterocycles. The van der Waals surface area contributed by atoms with Gasteiger partial charge in [-0.05, 0) is 26.0 Å². The number of carbonyl (C=O) groups is 1. The van der Waals surface area contributed by atoms with Crippen molar-refractivity contribution in [1.29, 1.82) is 0 Å². The minimum atomic E-state index is -0.662. The summed E-state index contributed by atoms with van der Waals surface area (Å²) < 4.78 is 5.31. The van der Waals surface area contributed by atoms with Gasteiger partial charge < -0.3 is 19.6 Å². The van der Waals surface area contributed by atoms with E-state index in [1.165, 1.54) is 0 Å². The van der Waals surface area contributed by atoms with Gasteiger partial charge in [-0.3, -0.25) is 4.79 Å². The molecule has 1 amide bonds. The van der Waals surface area contributed by atoms with Gasteiger partial charge in [0, 0.05) is 31.9 Å². The molecule has 20 heavy (non-hydrogen) atoms. The molecule has 112 valence electrons. The van der Waals surface area contributed by atoms with Crippen LogP contribution >= 0.6 is 0 Å². The average Bonchev–Trinajstić information content (AvgIpc) is 2.43. The lowest BCUT2D eigenvalue weighted by atomic mass is 10.1. The molecule has 0 aromatic heterocycles. The summed E-state index contributed by atoms with van der Waals surface area (Å²) in [6.45, 7) is 4.63. The number of nitrogens with zero attached hydrogens (tertiary/aromatic N) is 2. The zero-order valence-electron chi connectivity index (χ0n) is 12.9. The van der Waals surface area contributed by atoms with Gasteiger partial charge in [0.1, 0.15) is 5.75 Å². The van der Waals surface area contributed by atoms with Gasteiger partial charge in [0.2, 0.25) is 5.91 Å². The first-order valence-electron chi connectivity index (χ1n) is 6.72. The van der Waals surface area contributed by atoms with E-state index in [2.05, 4.69) is 0 Å². The number of hydrogen-bond donors (Lipinski definition) is 1. The molecule has 1 N–H and O–H groups in total. The minimum absolute atomic E-state index is 0.0196. The summed E-state index contributed by atoms with van der Waals surface area (Å²) in [6.07, 6.45) is -0.662. The first-order chi connectivity index (χ1) is 9.42. The lowest BCUT2D eigenvalue weighted by molar-refractivity contribution is -0.127.